The molecule has 1 saturated carbocycles. The minimum Gasteiger partial charge on any atom is -0.497 e. The SMILES string of the molecule is COc1ccc([C@]2(CC(=O)N3CCC(Oc4ccc(F)cc4)CC3)CC(=O)N(C3CC3)C2=O)cc1. The quantitative estimate of drug-likeness (QED) is 0.568. The van der Waals surface area contributed by atoms with Crippen molar-refractivity contribution in [3.05, 3.63) is 59.9 Å². The lowest BCUT2D eigenvalue weighted by atomic mass is 9.75. The largest absolute Gasteiger partial charge is 0.497 e. The minimum atomic E-state index is -1.19. The van der Waals surface area contributed by atoms with Crippen LogP contribution >= 0.6 is 0 Å². The van der Waals surface area contributed by atoms with Gasteiger partial charge >= 0.3 is 0 Å². The highest BCUT2D eigenvalue weighted by Crippen LogP contribution is 2.45. The van der Waals surface area contributed by atoms with Crippen molar-refractivity contribution >= 4 is 17.7 Å². The van der Waals surface area contributed by atoms with E-state index in [4.69, 9.17) is 9.47 Å². The third kappa shape index (κ3) is 4.61. The molecular formula is C27H29FN2O5. The standard InChI is InChI=1S/C27H29FN2O5/c1-34-21-8-2-18(3-9-21)27(17-25(32)30(26(27)33)20-6-7-20)16-24(31)29-14-12-23(13-15-29)35-22-10-4-19(28)5-11-22/h2-5,8-11,20,23H,6-7,12-17H2,1H3/t27-/m0/s1. The van der Waals surface area contributed by atoms with E-state index in [1.807, 2.05) is 0 Å². The fraction of sp³-hybridized carbons (Fsp3) is 0.444. The van der Waals surface area contributed by atoms with Gasteiger partial charge in [-0.2, -0.15) is 0 Å². The maximum Gasteiger partial charge on any atom is 0.241 e. The number of amides is 3. The summed E-state index contributed by atoms with van der Waals surface area (Å²) in [5, 5.41) is 0. The molecule has 184 valence electrons. The van der Waals surface area contributed by atoms with E-state index < -0.39 is 5.41 Å². The number of benzene rings is 2. The molecule has 2 saturated heterocycles. The molecule has 1 atom stereocenters. The molecule has 2 aromatic carbocycles. The van der Waals surface area contributed by atoms with Gasteiger partial charge in [-0.05, 0) is 54.8 Å². The predicted molar refractivity (Wildman–Crippen MR) is 125 cm³/mol. The van der Waals surface area contributed by atoms with Crippen LogP contribution in [0.15, 0.2) is 48.5 Å². The molecule has 2 aliphatic heterocycles. The molecule has 2 aromatic rings. The number of carbonyl (C=O) groups is 3. The second-order valence-electron chi connectivity index (χ2n) is 9.62. The van der Waals surface area contributed by atoms with E-state index in [-0.39, 0.29) is 48.5 Å². The molecular weight excluding hydrogens is 451 g/mol. The van der Waals surface area contributed by atoms with Gasteiger partial charge in [-0.15, -0.1) is 0 Å². The number of nitrogens with zero attached hydrogens (tertiary/aromatic N) is 2. The summed E-state index contributed by atoms with van der Waals surface area (Å²) >= 11 is 0. The first-order chi connectivity index (χ1) is 16.9. The Balaban J connectivity index is 1.29. The van der Waals surface area contributed by atoms with Crippen molar-refractivity contribution in [2.45, 2.75) is 56.1 Å². The number of rotatable bonds is 7. The van der Waals surface area contributed by atoms with Crippen molar-refractivity contribution in [2.24, 2.45) is 0 Å². The predicted octanol–water partition coefficient (Wildman–Crippen LogP) is 3.45. The van der Waals surface area contributed by atoms with Crippen molar-refractivity contribution < 1.29 is 28.2 Å². The first kappa shape index (κ1) is 23.3. The molecule has 3 aliphatic rings. The summed E-state index contributed by atoms with van der Waals surface area (Å²) in [6, 6.07) is 13.0. The number of likely N-dealkylation sites (tertiary alicyclic amines) is 2. The highest BCUT2D eigenvalue weighted by atomic mass is 19.1. The zero-order valence-corrected chi connectivity index (χ0v) is 19.7. The average Bonchev–Trinajstić information content (AvgIpc) is 3.67. The van der Waals surface area contributed by atoms with Crippen LogP contribution in [0.2, 0.25) is 0 Å². The van der Waals surface area contributed by atoms with Gasteiger partial charge < -0.3 is 14.4 Å². The van der Waals surface area contributed by atoms with Crippen LogP contribution in [0.5, 0.6) is 11.5 Å². The van der Waals surface area contributed by atoms with Crippen molar-refractivity contribution in [2.75, 3.05) is 20.2 Å². The van der Waals surface area contributed by atoms with Crippen molar-refractivity contribution in [3.63, 3.8) is 0 Å². The first-order valence-electron chi connectivity index (χ1n) is 12.1. The molecule has 0 aromatic heterocycles. The van der Waals surface area contributed by atoms with Crippen LogP contribution in [-0.2, 0) is 19.8 Å². The maximum atomic E-state index is 13.6. The van der Waals surface area contributed by atoms with Crippen LogP contribution in [0.25, 0.3) is 0 Å². The van der Waals surface area contributed by atoms with E-state index >= 15 is 0 Å². The van der Waals surface area contributed by atoms with Gasteiger partial charge in [0.25, 0.3) is 0 Å². The summed E-state index contributed by atoms with van der Waals surface area (Å²) in [4.78, 5) is 43.1. The molecule has 0 radical (unpaired) electrons. The second-order valence-corrected chi connectivity index (χ2v) is 9.62. The summed E-state index contributed by atoms with van der Waals surface area (Å²) in [5.41, 5.74) is -0.521. The van der Waals surface area contributed by atoms with Crippen molar-refractivity contribution in [1.29, 1.82) is 0 Å². The van der Waals surface area contributed by atoms with Gasteiger partial charge in [0.05, 0.1) is 12.5 Å². The Kier molecular flexibility index (Phi) is 6.21. The average molecular weight is 481 g/mol. The minimum absolute atomic E-state index is 0.00451. The lowest BCUT2D eigenvalue weighted by Gasteiger charge is -2.35. The van der Waals surface area contributed by atoms with Gasteiger partial charge in [0.2, 0.25) is 17.7 Å². The molecule has 1 aliphatic carbocycles. The second kappa shape index (κ2) is 9.32. The van der Waals surface area contributed by atoms with Gasteiger partial charge in [-0.1, -0.05) is 12.1 Å². The Labute approximate surface area is 203 Å². The summed E-state index contributed by atoms with van der Waals surface area (Å²) < 4.78 is 24.3. The number of methoxy groups -OCH3 is 1. The van der Waals surface area contributed by atoms with E-state index in [2.05, 4.69) is 0 Å². The molecule has 0 spiro atoms. The number of hydrogen-bond acceptors (Lipinski definition) is 5. The van der Waals surface area contributed by atoms with Gasteiger partial charge in [0.15, 0.2) is 0 Å². The van der Waals surface area contributed by atoms with E-state index in [1.165, 1.54) is 17.0 Å². The number of halogens is 1. The molecule has 0 N–H and O–H groups in total. The Morgan fingerprint density at radius 2 is 1.60 bits per heavy atom. The molecule has 3 fully saturated rings. The number of hydrogen-bond donors (Lipinski definition) is 0. The molecule has 35 heavy (non-hydrogen) atoms. The number of imide groups is 1. The van der Waals surface area contributed by atoms with Crippen LogP contribution in [0.3, 0.4) is 0 Å². The number of carbonyl (C=O) groups excluding carboxylic acids is 3. The molecule has 0 unspecified atom stereocenters. The lowest BCUT2D eigenvalue weighted by molar-refractivity contribution is -0.143. The number of ether oxygens (including phenoxy) is 2. The number of piperidine rings is 1. The van der Waals surface area contributed by atoms with E-state index in [9.17, 15) is 18.8 Å². The molecule has 2 heterocycles. The highest BCUT2D eigenvalue weighted by molar-refractivity contribution is 6.11. The van der Waals surface area contributed by atoms with Crippen LogP contribution in [-0.4, -0.2) is 59.9 Å². The summed E-state index contributed by atoms with van der Waals surface area (Å²) in [7, 11) is 1.57. The Morgan fingerprint density at radius 1 is 0.971 bits per heavy atom. The highest BCUT2D eigenvalue weighted by Gasteiger charge is 2.57. The molecule has 3 amide bonds. The summed E-state index contributed by atoms with van der Waals surface area (Å²) in [6.45, 7) is 0.996. The zero-order chi connectivity index (χ0) is 24.6. The van der Waals surface area contributed by atoms with Crippen LogP contribution in [0.1, 0.15) is 44.1 Å². The van der Waals surface area contributed by atoms with E-state index in [0.717, 1.165) is 12.8 Å². The third-order valence-electron chi connectivity index (χ3n) is 7.27. The van der Waals surface area contributed by atoms with Gasteiger partial charge in [0.1, 0.15) is 23.4 Å². The summed E-state index contributed by atoms with van der Waals surface area (Å²) in [6.07, 6.45) is 2.82. The maximum absolute atomic E-state index is 13.6. The van der Waals surface area contributed by atoms with E-state index in [0.29, 0.717) is 43.0 Å². The fourth-order valence-corrected chi connectivity index (χ4v) is 5.14. The smallest absolute Gasteiger partial charge is 0.241 e. The Hall–Kier alpha value is -3.42. The molecule has 7 nitrogen and oxygen atoms in total. The van der Waals surface area contributed by atoms with Gasteiger partial charge in [-0.25, -0.2) is 4.39 Å². The monoisotopic (exact) mass is 480 g/mol. The van der Waals surface area contributed by atoms with Gasteiger partial charge in [-0.3, -0.25) is 19.3 Å². The van der Waals surface area contributed by atoms with Gasteiger partial charge in [0, 0.05) is 44.8 Å². The third-order valence-corrected chi connectivity index (χ3v) is 7.27. The molecule has 8 heteroatoms. The summed E-state index contributed by atoms with van der Waals surface area (Å²) in [5.74, 6) is 0.327. The van der Waals surface area contributed by atoms with E-state index in [1.54, 1.807) is 48.4 Å². The molecule has 5 rings (SSSR count). The fourth-order valence-electron chi connectivity index (χ4n) is 5.14. The van der Waals surface area contributed by atoms with Crippen molar-refractivity contribution in [3.8, 4) is 11.5 Å². The normalized spacial score (nSPS) is 23.0. The van der Waals surface area contributed by atoms with Crippen molar-refractivity contribution in [1.82, 2.24) is 9.80 Å². The van der Waals surface area contributed by atoms with Crippen LogP contribution in [0.4, 0.5) is 4.39 Å². The Morgan fingerprint density at radius 3 is 2.20 bits per heavy atom. The topological polar surface area (TPSA) is 76.2 Å². The lowest BCUT2D eigenvalue weighted by Crippen LogP contribution is -2.47. The van der Waals surface area contributed by atoms with Crippen LogP contribution < -0.4 is 9.47 Å². The van der Waals surface area contributed by atoms with Crippen LogP contribution in [0, 0.1) is 5.82 Å². The first-order valence-corrected chi connectivity index (χ1v) is 12.1. The Bertz CT molecular complexity index is 1110. The molecule has 0 bridgehead atoms. The zero-order valence-electron chi connectivity index (χ0n) is 19.7.